The summed E-state index contributed by atoms with van der Waals surface area (Å²) >= 11 is 0. The Morgan fingerprint density at radius 3 is 2.38 bits per heavy atom. The molecule has 1 aliphatic heterocycles. The SMILES string of the molecule is CON1c2cccc(OC(=O)N(C)C)c2[N+](O)=C2C=CC=C(OC(=O)N(C)C)C21. The van der Waals surface area contributed by atoms with Crippen LogP contribution < -0.4 is 9.80 Å². The van der Waals surface area contributed by atoms with Gasteiger partial charge in [0.2, 0.25) is 11.8 Å². The molecule has 1 aromatic carbocycles. The molecule has 29 heavy (non-hydrogen) atoms. The van der Waals surface area contributed by atoms with Crippen molar-refractivity contribution in [2.45, 2.75) is 6.04 Å². The van der Waals surface area contributed by atoms with E-state index in [-0.39, 0.29) is 17.2 Å². The number of nitrogens with zero attached hydrogens (tertiary/aromatic N) is 4. The number of benzene rings is 1. The van der Waals surface area contributed by atoms with Gasteiger partial charge in [0.15, 0.2) is 0 Å². The van der Waals surface area contributed by atoms with Crippen LogP contribution in [0.1, 0.15) is 0 Å². The van der Waals surface area contributed by atoms with Gasteiger partial charge >= 0.3 is 17.9 Å². The molecule has 0 saturated carbocycles. The summed E-state index contributed by atoms with van der Waals surface area (Å²) in [4.78, 5) is 32.2. The molecule has 2 amide bonds. The fraction of sp³-hybridized carbons (Fsp3) is 0.316. The second-order valence-electron chi connectivity index (χ2n) is 6.72. The van der Waals surface area contributed by atoms with Gasteiger partial charge in [-0.2, -0.15) is 0 Å². The van der Waals surface area contributed by atoms with Crippen molar-refractivity contribution in [2.75, 3.05) is 40.4 Å². The lowest BCUT2D eigenvalue weighted by Crippen LogP contribution is -2.49. The Bertz CT molecular complexity index is 935. The van der Waals surface area contributed by atoms with Crippen molar-refractivity contribution in [1.29, 1.82) is 0 Å². The van der Waals surface area contributed by atoms with Crippen LogP contribution in [0.4, 0.5) is 21.0 Å². The fourth-order valence-electron chi connectivity index (χ4n) is 2.91. The van der Waals surface area contributed by atoms with E-state index in [1.807, 2.05) is 0 Å². The molecule has 0 fully saturated rings. The Kier molecular flexibility index (Phi) is 5.46. The van der Waals surface area contributed by atoms with Crippen LogP contribution in [0.25, 0.3) is 0 Å². The highest BCUT2D eigenvalue weighted by atomic mass is 16.7. The summed E-state index contributed by atoms with van der Waals surface area (Å²) in [7, 11) is 7.71. The Morgan fingerprint density at radius 2 is 1.76 bits per heavy atom. The van der Waals surface area contributed by atoms with E-state index in [0.29, 0.717) is 11.4 Å². The number of hydrogen-bond donors (Lipinski definition) is 1. The molecule has 0 radical (unpaired) electrons. The highest BCUT2D eigenvalue weighted by Crippen LogP contribution is 2.43. The van der Waals surface area contributed by atoms with Gasteiger partial charge in [0.25, 0.3) is 5.71 Å². The van der Waals surface area contributed by atoms with E-state index in [2.05, 4.69) is 0 Å². The van der Waals surface area contributed by atoms with Gasteiger partial charge < -0.3 is 19.3 Å². The number of anilines is 1. The van der Waals surface area contributed by atoms with Crippen molar-refractivity contribution in [2.24, 2.45) is 0 Å². The lowest BCUT2D eigenvalue weighted by molar-refractivity contribution is -0.714. The minimum atomic E-state index is -0.730. The third-order valence-electron chi connectivity index (χ3n) is 4.31. The summed E-state index contributed by atoms with van der Waals surface area (Å²) in [5.41, 5.74) is 1.01. The van der Waals surface area contributed by atoms with Crippen molar-refractivity contribution < 1.29 is 33.8 Å². The van der Waals surface area contributed by atoms with Crippen LogP contribution >= 0.6 is 0 Å². The molecule has 1 atom stereocenters. The van der Waals surface area contributed by atoms with Crippen LogP contribution in [0.3, 0.4) is 0 Å². The average Bonchev–Trinajstić information content (AvgIpc) is 2.68. The molecule has 3 rings (SSSR count). The van der Waals surface area contributed by atoms with Gasteiger partial charge in [0.1, 0.15) is 11.4 Å². The highest BCUT2D eigenvalue weighted by molar-refractivity contribution is 6.04. The van der Waals surface area contributed by atoms with E-state index >= 15 is 0 Å². The summed E-state index contributed by atoms with van der Waals surface area (Å²) in [5.74, 6) is 0.412. The van der Waals surface area contributed by atoms with Gasteiger partial charge in [-0.15, -0.1) is 0 Å². The second-order valence-corrected chi connectivity index (χ2v) is 6.72. The molecule has 1 unspecified atom stereocenters. The Labute approximate surface area is 168 Å². The number of carbonyl (C=O) groups excluding carboxylic acids is 2. The minimum Gasteiger partial charge on any atom is -0.412 e. The number of amides is 2. The molecular formula is C19H23N4O6+. The van der Waals surface area contributed by atoms with Gasteiger partial charge in [0.05, 0.1) is 7.11 Å². The number of para-hydroxylation sites is 1. The molecule has 0 spiro atoms. The molecule has 0 saturated heterocycles. The smallest absolute Gasteiger partial charge is 0.412 e. The number of fused-ring (bicyclic) bond motifs is 2. The topological polar surface area (TPSA) is 94.8 Å². The minimum absolute atomic E-state index is 0.145. The van der Waals surface area contributed by atoms with Gasteiger partial charge in [-0.25, -0.2) is 14.7 Å². The van der Waals surface area contributed by atoms with Crippen LogP contribution in [0.15, 0.2) is 42.2 Å². The summed E-state index contributed by atoms with van der Waals surface area (Å²) in [6.07, 6.45) is 3.75. The number of ether oxygens (including phenoxy) is 2. The molecule has 1 aromatic rings. The Balaban J connectivity index is 2.09. The van der Waals surface area contributed by atoms with E-state index in [9.17, 15) is 14.8 Å². The van der Waals surface area contributed by atoms with Crippen molar-refractivity contribution in [3.05, 3.63) is 42.2 Å². The van der Waals surface area contributed by atoms with Crippen LogP contribution in [-0.4, -0.2) is 79.0 Å². The zero-order valence-electron chi connectivity index (χ0n) is 16.8. The predicted molar refractivity (Wildman–Crippen MR) is 104 cm³/mol. The van der Waals surface area contributed by atoms with Gasteiger partial charge in [-0.1, -0.05) is 12.1 Å². The number of hydrogen-bond acceptors (Lipinski definition) is 7. The van der Waals surface area contributed by atoms with Crippen LogP contribution in [0.2, 0.25) is 0 Å². The third kappa shape index (κ3) is 3.61. The van der Waals surface area contributed by atoms with Gasteiger partial charge in [0, 0.05) is 39.0 Å². The second kappa shape index (κ2) is 7.84. The first-order chi connectivity index (χ1) is 13.8. The van der Waals surface area contributed by atoms with E-state index < -0.39 is 18.2 Å². The molecule has 154 valence electrons. The first-order valence-corrected chi connectivity index (χ1v) is 8.75. The van der Waals surface area contributed by atoms with E-state index in [1.54, 1.807) is 64.6 Å². The van der Waals surface area contributed by atoms with Crippen molar-refractivity contribution >= 4 is 29.3 Å². The van der Waals surface area contributed by atoms with Crippen molar-refractivity contribution in [3.8, 4) is 5.75 Å². The molecule has 1 aliphatic carbocycles. The van der Waals surface area contributed by atoms with Gasteiger partial charge in [-0.05, 0) is 18.2 Å². The number of allylic oxidation sites excluding steroid dienone is 2. The highest BCUT2D eigenvalue weighted by Gasteiger charge is 2.47. The quantitative estimate of drug-likeness (QED) is 0.610. The number of carbonyl (C=O) groups is 2. The lowest BCUT2D eigenvalue weighted by Gasteiger charge is -2.34. The van der Waals surface area contributed by atoms with Crippen LogP contribution in [0, 0.1) is 0 Å². The first-order valence-electron chi connectivity index (χ1n) is 8.75. The fourth-order valence-corrected chi connectivity index (χ4v) is 2.91. The molecule has 2 aliphatic rings. The number of hydroxylamine groups is 1. The molecule has 1 N–H and O–H groups in total. The normalized spacial score (nSPS) is 17.2. The maximum Gasteiger partial charge on any atom is 0.414 e. The largest absolute Gasteiger partial charge is 0.414 e. The maximum atomic E-state index is 12.1. The molecule has 1 heterocycles. The van der Waals surface area contributed by atoms with Crippen molar-refractivity contribution in [3.63, 3.8) is 0 Å². The average molecular weight is 403 g/mol. The Morgan fingerprint density at radius 1 is 1.10 bits per heavy atom. The Hall–Kier alpha value is -3.53. The zero-order valence-corrected chi connectivity index (χ0v) is 16.8. The molecular weight excluding hydrogens is 380 g/mol. The first kappa shape index (κ1) is 20.2. The van der Waals surface area contributed by atoms with E-state index in [0.717, 1.165) is 4.74 Å². The standard InChI is InChI=1S/C19H23N4O6/c1-20(2)18(24)28-14-10-7-9-13-16(14)22(26)12-8-6-11-15(17(12)23(13)27-5)29-19(25)21(3)4/h6-11,17,26H,1-5H3/q+1. The molecule has 10 nitrogen and oxygen atoms in total. The lowest BCUT2D eigenvalue weighted by atomic mass is 10.00. The van der Waals surface area contributed by atoms with Crippen molar-refractivity contribution in [1.82, 2.24) is 9.80 Å². The monoisotopic (exact) mass is 403 g/mol. The number of rotatable bonds is 3. The molecule has 0 aromatic heterocycles. The predicted octanol–water partition coefficient (Wildman–Crippen LogP) is 2.12. The zero-order chi connectivity index (χ0) is 21.3. The van der Waals surface area contributed by atoms with E-state index in [4.69, 9.17) is 14.3 Å². The summed E-state index contributed by atoms with van der Waals surface area (Å²) in [6.45, 7) is 0. The summed E-state index contributed by atoms with van der Waals surface area (Å²) in [6, 6.07) is 4.19. The maximum absolute atomic E-state index is 12.1. The van der Waals surface area contributed by atoms with Gasteiger partial charge in [-0.3, -0.25) is 10.0 Å². The van der Waals surface area contributed by atoms with Crippen LogP contribution in [-0.2, 0) is 9.57 Å². The van der Waals surface area contributed by atoms with E-state index in [1.165, 1.54) is 22.0 Å². The summed E-state index contributed by atoms with van der Waals surface area (Å²) in [5, 5.41) is 12.4. The van der Waals surface area contributed by atoms with Crippen LogP contribution in [0.5, 0.6) is 5.75 Å². The molecule has 0 bridgehead atoms. The summed E-state index contributed by atoms with van der Waals surface area (Å²) < 4.78 is 11.8. The molecule has 10 heteroatoms. The third-order valence-corrected chi connectivity index (χ3v) is 4.31.